The second-order valence-electron chi connectivity index (χ2n) is 3.06. The highest BCUT2D eigenvalue weighted by Crippen LogP contribution is 2.29. The van der Waals surface area contributed by atoms with Crippen molar-refractivity contribution in [2.45, 2.75) is 26.2 Å². The molecule has 0 aliphatic heterocycles. The van der Waals surface area contributed by atoms with Gasteiger partial charge in [-0.2, -0.15) is 0 Å². The van der Waals surface area contributed by atoms with Crippen LogP contribution >= 0.6 is 0 Å². The second-order valence-corrected chi connectivity index (χ2v) is 3.06. The third-order valence-electron chi connectivity index (χ3n) is 2.18. The van der Waals surface area contributed by atoms with Gasteiger partial charge in [0.15, 0.2) is 11.5 Å². The van der Waals surface area contributed by atoms with Crippen LogP contribution in [0, 0.1) is 0 Å². The van der Waals surface area contributed by atoms with Crippen molar-refractivity contribution < 1.29 is 10.2 Å². The first-order chi connectivity index (χ1) is 5.65. The van der Waals surface area contributed by atoms with Crippen molar-refractivity contribution in [2.75, 3.05) is 0 Å². The molecule has 0 aliphatic carbocycles. The summed E-state index contributed by atoms with van der Waals surface area (Å²) >= 11 is 0. The molecule has 0 aliphatic rings. The van der Waals surface area contributed by atoms with Crippen molar-refractivity contribution in [1.29, 1.82) is 0 Å². The maximum absolute atomic E-state index is 9.19. The van der Waals surface area contributed by atoms with E-state index in [1.54, 1.807) is 6.07 Å². The van der Waals surface area contributed by atoms with E-state index in [2.05, 4.69) is 13.8 Å². The molecule has 1 aromatic carbocycles. The third kappa shape index (κ3) is 1.70. The molecule has 0 radical (unpaired) electrons. The smallest absolute Gasteiger partial charge is 0.157 e. The van der Waals surface area contributed by atoms with Crippen LogP contribution < -0.4 is 0 Å². The molecule has 0 saturated carbocycles. The Bertz CT molecular complexity index is 269. The molecule has 1 aromatic rings. The van der Waals surface area contributed by atoms with Gasteiger partial charge in [-0.25, -0.2) is 0 Å². The Balaban J connectivity index is 2.96. The summed E-state index contributed by atoms with van der Waals surface area (Å²) in [6.45, 7) is 4.18. The van der Waals surface area contributed by atoms with Gasteiger partial charge in [-0.3, -0.25) is 0 Å². The van der Waals surface area contributed by atoms with Crippen LogP contribution in [-0.4, -0.2) is 10.2 Å². The summed E-state index contributed by atoms with van der Waals surface area (Å²) in [5.74, 6) is 0.339. The number of phenols is 2. The SMILES string of the molecule is CC[C@H](C)c1ccc(O)c(O)c1. The molecule has 0 spiro atoms. The summed E-state index contributed by atoms with van der Waals surface area (Å²) in [6, 6.07) is 4.98. The van der Waals surface area contributed by atoms with Crippen molar-refractivity contribution in [1.82, 2.24) is 0 Å². The molecule has 0 fully saturated rings. The standard InChI is InChI=1S/C10H14O2/c1-3-7(2)8-4-5-9(11)10(12)6-8/h4-7,11-12H,3H2,1-2H3/t7-/m0/s1. The molecule has 1 rings (SSSR count). The van der Waals surface area contributed by atoms with Gasteiger partial charge in [-0.05, 0) is 30.0 Å². The van der Waals surface area contributed by atoms with E-state index in [0.29, 0.717) is 5.92 Å². The molecular weight excluding hydrogens is 152 g/mol. The lowest BCUT2D eigenvalue weighted by Crippen LogP contribution is -1.89. The fraction of sp³-hybridized carbons (Fsp3) is 0.400. The van der Waals surface area contributed by atoms with E-state index in [9.17, 15) is 5.11 Å². The van der Waals surface area contributed by atoms with Crippen LogP contribution in [0.3, 0.4) is 0 Å². The van der Waals surface area contributed by atoms with Crippen LogP contribution in [0.15, 0.2) is 18.2 Å². The van der Waals surface area contributed by atoms with Crippen LogP contribution in [-0.2, 0) is 0 Å². The van der Waals surface area contributed by atoms with E-state index in [1.807, 2.05) is 6.07 Å². The molecule has 2 N–H and O–H groups in total. The van der Waals surface area contributed by atoms with E-state index >= 15 is 0 Å². The molecule has 0 bridgehead atoms. The highest BCUT2D eigenvalue weighted by molar-refractivity contribution is 5.41. The van der Waals surface area contributed by atoms with E-state index in [-0.39, 0.29) is 11.5 Å². The fourth-order valence-electron chi connectivity index (χ4n) is 1.08. The lowest BCUT2D eigenvalue weighted by molar-refractivity contribution is 0.402. The predicted molar refractivity (Wildman–Crippen MR) is 48.5 cm³/mol. The third-order valence-corrected chi connectivity index (χ3v) is 2.18. The van der Waals surface area contributed by atoms with E-state index in [4.69, 9.17) is 5.11 Å². The van der Waals surface area contributed by atoms with Gasteiger partial charge in [-0.15, -0.1) is 0 Å². The van der Waals surface area contributed by atoms with Gasteiger partial charge in [0, 0.05) is 0 Å². The maximum Gasteiger partial charge on any atom is 0.157 e. The van der Waals surface area contributed by atoms with Gasteiger partial charge < -0.3 is 10.2 Å². The average molecular weight is 166 g/mol. The van der Waals surface area contributed by atoms with Gasteiger partial charge in [0.1, 0.15) is 0 Å². The minimum Gasteiger partial charge on any atom is -0.504 e. The number of rotatable bonds is 2. The lowest BCUT2D eigenvalue weighted by Gasteiger charge is -2.09. The first-order valence-corrected chi connectivity index (χ1v) is 4.17. The Kier molecular flexibility index (Phi) is 2.58. The quantitative estimate of drug-likeness (QED) is 0.663. The summed E-state index contributed by atoms with van der Waals surface area (Å²) in [5, 5.41) is 18.2. The zero-order chi connectivity index (χ0) is 9.14. The molecule has 0 heterocycles. The first kappa shape index (κ1) is 8.91. The molecule has 0 unspecified atom stereocenters. The molecule has 0 saturated heterocycles. The Morgan fingerprint density at radius 3 is 2.42 bits per heavy atom. The molecule has 2 nitrogen and oxygen atoms in total. The summed E-state index contributed by atoms with van der Waals surface area (Å²) < 4.78 is 0. The predicted octanol–water partition coefficient (Wildman–Crippen LogP) is 2.61. The average Bonchev–Trinajstić information content (AvgIpc) is 2.08. The zero-order valence-electron chi connectivity index (χ0n) is 7.41. The number of hydrogen-bond donors (Lipinski definition) is 2. The van der Waals surface area contributed by atoms with Crippen LogP contribution in [0.25, 0.3) is 0 Å². The largest absolute Gasteiger partial charge is 0.504 e. The fourth-order valence-corrected chi connectivity index (χ4v) is 1.08. The normalized spacial score (nSPS) is 12.8. The topological polar surface area (TPSA) is 40.5 Å². The highest BCUT2D eigenvalue weighted by Gasteiger charge is 2.05. The first-order valence-electron chi connectivity index (χ1n) is 4.17. The molecule has 66 valence electrons. The van der Waals surface area contributed by atoms with Gasteiger partial charge in [0.05, 0.1) is 0 Å². The summed E-state index contributed by atoms with van der Waals surface area (Å²) in [4.78, 5) is 0. The molecular formula is C10H14O2. The molecule has 12 heavy (non-hydrogen) atoms. The van der Waals surface area contributed by atoms with E-state index in [1.165, 1.54) is 6.07 Å². The number of hydrogen-bond acceptors (Lipinski definition) is 2. The monoisotopic (exact) mass is 166 g/mol. The minimum absolute atomic E-state index is 0.0344. The van der Waals surface area contributed by atoms with Crippen molar-refractivity contribution in [2.24, 2.45) is 0 Å². The van der Waals surface area contributed by atoms with E-state index in [0.717, 1.165) is 12.0 Å². The Morgan fingerprint density at radius 2 is 1.92 bits per heavy atom. The summed E-state index contributed by atoms with van der Waals surface area (Å²) in [7, 11) is 0. The van der Waals surface area contributed by atoms with Crippen molar-refractivity contribution in [3.05, 3.63) is 23.8 Å². The Labute approximate surface area is 72.5 Å². The molecule has 0 amide bonds. The Morgan fingerprint density at radius 1 is 1.25 bits per heavy atom. The molecule has 2 heteroatoms. The van der Waals surface area contributed by atoms with Crippen LogP contribution in [0.4, 0.5) is 0 Å². The molecule has 1 atom stereocenters. The van der Waals surface area contributed by atoms with Gasteiger partial charge in [0.25, 0.3) is 0 Å². The van der Waals surface area contributed by atoms with Crippen LogP contribution in [0.1, 0.15) is 31.7 Å². The lowest BCUT2D eigenvalue weighted by atomic mass is 9.98. The van der Waals surface area contributed by atoms with Gasteiger partial charge in [0.2, 0.25) is 0 Å². The number of phenolic OH excluding ortho intramolecular Hbond substituents is 2. The van der Waals surface area contributed by atoms with Gasteiger partial charge in [-0.1, -0.05) is 19.9 Å². The van der Waals surface area contributed by atoms with Crippen molar-refractivity contribution in [3.63, 3.8) is 0 Å². The highest BCUT2D eigenvalue weighted by atomic mass is 16.3. The number of benzene rings is 1. The van der Waals surface area contributed by atoms with E-state index < -0.39 is 0 Å². The summed E-state index contributed by atoms with van der Waals surface area (Å²) in [6.07, 6.45) is 1.03. The van der Waals surface area contributed by atoms with Crippen LogP contribution in [0.5, 0.6) is 11.5 Å². The second kappa shape index (κ2) is 3.48. The van der Waals surface area contributed by atoms with Crippen LogP contribution in [0.2, 0.25) is 0 Å². The van der Waals surface area contributed by atoms with Crippen molar-refractivity contribution in [3.8, 4) is 11.5 Å². The maximum atomic E-state index is 9.19. The van der Waals surface area contributed by atoms with Crippen molar-refractivity contribution >= 4 is 0 Å². The summed E-state index contributed by atoms with van der Waals surface area (Å²) in [5.41, 5.74) is 1.06. The van der Waals surface area contributed by atoms with Gasteiger partial charge >= 0.3 is 0 Å². The Hall–Kier alpha value is -1.18. The zero-order valence-corrected chi connectivity index (χ0v) is 7.41. The minimum atomic E-state index is -0.0537. The molecule has 0 aromatic heterocycles. The number of aromatic hydroxyl groups is 2.